The summed E-state index contributed by atoms with van der Waals surface area (Å²) in [6.45, 7) is 0. The summed E-state index contributed by atoms with van der Waals surface area (Å²) < 4.78 is 12.5. The summed E-state index contributed by atoms with van der Waals surface area (Å²) >= 11 is 0. The minimum atomic E-state index is 0.607. The van der Waals surface area contributed by atoms with E-state index in [0.717, 1.165) is 16.9 Å². The van der Waals surface area contributed by atoms with Crippen molar-refractivity contribution in [2.24, 2.45) is 10.2 Å². The monoisotopic (exact) mass is 358 g/mol. The summed E-state index contributed by atoms with van der Waals surface area (Å²) in [6, 6.07) is 21.2. The van der Waals surface area contributed by atoms with Crippen LogP contribution in [0.2, 0.25) is 0 Å². The van der Waals surface area contributed by atoms with Crippen LogP contribution in [0.5, 0.6) is 11.5 Å². The maximum absolute atomic E-state index is 5.33. The van der Waals surface area contributed by atoms with E-state index in [9.17, 15) is 0 Å². The average molecular weight is 358 g/mol. The van der Waals surface area contributed by atoms with Crippen molar-refractivity contribution in [3.05, 3.63) is 72.9 Å². The number of pyridine rings is 1. The van der Waals surface area contributed by atoms with E-state index in [1.54, 1.807) is 26.4 Å². The number of imidazole rings is 1. The van der Waals surface area contributed by atoms with Crippen LogP contribution in [0.3, 0.4) is 0 Å². The van der Waals surface area contributed by atoms with Gasteiger partial charge in [0, 0.05) is 17.8 Å². The standard InChI is InChI=1S/C21H18N4O2/c1-26-17-12-11-16(14-18(17)27-2)23-24-21-20(15-8-4-3-5-9-15)22-19-10-6-7-13-25(19)21/h3-14H,1-2H3. The normalized spacial score (nSPS) is 11.2. The molecule has 0 saturated heterocycles. The van der Waals surface area contributed by atoms with Crippen molar-refractivity contribution in [1.29, 1.82) is 0 Å². The van der Waals surface area contributed by atoms with Gasteiger partial charge < -0.3 is 9.47 Å². The Morgan fingerprint density at radius 1 is 0.815 bits per heavy atom. The zero-order valence-electron chi connectivity index (χ0n) is 15.0. The van der Waals surface area contributed by atoms with Crippen molar-refractivity contribution in [3.63, 3.8) is 0 Å². The first-order chi connectivity index (χ1) is 13.3. The van der Waals surface area contributed by atoms with E-state index in [1.807, 2.05) is 65.2 Å². The lowest BCUT2D eigenvalue weighted by molar-refractivity contribution is 0.355. The number of rotatable bonds is 5. The third-order valence-corrected chi connectivity index (χ3v) is 4.18. The minimum absolute atomic E-state index is 0.607. The number of hydrogen-bond acceptors (Lipinski definition) is 5. The number of ether oxygens (including phenoxy) is 2. The Hall–Kier alpha value is -3.67. The molecule has 0 saturated carbocycles. The van der Waals surface area contributed by atoms with Crippen LogP contribution in [0.15, 0.2) is 83.2 Å². The van der Waals surface area contributed by atoms with Gasteiger partial charge in [-0.2, -0.15) is 0 Å². The van der Waals surface area contributed by atoms with Gasteiger partial charge >= 0.3 is 0 Å². The van der Waals surface area contributed by atoms with E-state index in [2.05, 4.69) is 10.2 Å². The summed E-state index contributed by atoms with van der Waals surface area (Å²) in [7, 11) is 3.19. The summed E-state index contributed by atoms with van der Waals surface area (Å²) in [4.78, 5) is 4.72. The molecule has 2 aromatic carbocycles. The van der Waals surface area contributed by atoms with Crippen molar-refractivity contribution < 1.29 is 9.47 Å². The second kappa shape index (κ2) is 7.29. The number of aromatic nitrogens is 2. The van der Waals surface area contributed by atoms with E-state index in [1.165, 1.54) is 0 Å². The summed E-state index contributed by atoms with van der Waals surface area (Å²) in [5.41, 5.74) is 3.25. The molecule has 6 heteroatoms. The molecule has 2 heterocycles. The Morgan fingerprint density at radius 3 is 2.37 bits per heavy atom. The second-order valence-electron chi connectivity index (χ2n) is 5.82. The Bertz CT molecular complexity index is 1100. The lowest BCUT2D eigenvalue weighted by Crippen LogP contribution is -1.89. The van der Waals surface area contributed by atoms with Crippen LogP contribution in [-0.4, -0.2) is 23.6 Å². The van der Waals surface area contributed by atoms with Crippen LogP contribution in [0, 0.1) is 0 Å². The van der Waals surface area contributed by atoms with Crippen molar-refractivity contribution in [3.8, 4) is 22.8 Å². The van der Waals surface area contributed by atoms with Gasteiger partial charge in [-0.1, -0.05) is 36.4 Å². The predicted octanol–water partition coefficient (Wildman–Crippen LogP) is 5.43. The molecule has 4 rings (SSSR count). The molecule has 4 aromatic rings. The number of azo groups is 1. The molecule has 0 amide bonds. The molecule has 0 spiro atoms. The van der Waals surface area contributed by atoms with E-state index < -0.39 is 0 Å². The first-order valence-corrected chi connectivity index (χ1v) is 8.46. The maximum atomic E-state index is 5.33. The van der Waals surface area contributed by atoms with E-state index in [4.69, 9.17) is 14.5 Å². The molecule has 0 aliphatic heterocycles. The number of hydrogen-bond donors (Lipinski definition) is 0. The molecule has 0 bridgehead atoms. The van der Waals surface area contributed by atoms with Gasteiger partial charge in [-0.3, -0.25) is 4.40 Å². The maximum Gasteiger partial charge on any atom is 0.187 e. The Morgan fingerprint density at radius 2 is 1.59 bits per heavy atom. The van der Waals surface area contributed by atoms with Gasteiger partial charge in [-0.05, 0) is 24.3 Å². The molecule has 0 aliphatic rings. The Balaban J connectivity index is 1.80. The quantitative estimate of drug-likeness (QED) is 0.447. The van der Waals surface area contributed by atoms with Gasteiger partial charge in [0.25, 0.3) is 0 Å². The predicted molar refractivity (Wildman–Crippen MR) is 104 cm³/mol. The molecular formula is C21H18N4O2. The first kappa shape index (κ1) is 16.8. The van der Waals surface area contributed by atoms with Crippen LogP contribution in [0.25, 0.3) is 16.9 Å². The molecule has 134 valence electrons. The Labute approximate surface area is 156 Å². The molecule has 27 heavy (non-hydrogen) atoms. The van der Waals surface area contributed by atoms with Gasteiger partial charge in [-0.15, -0.1) is 10.2 Å². The molecule has 2 aromatic heterocycles. The van der Waals surface area contributed by atoms with Gasteiger partial charge in [0.1, 0.15) is 11.3 Å². The molecule has 0 aliphatic carbocycles. The Kier molecular flexibility index (Phi) is 4.53. The van der Waals surface area contributed by atoms with E-state index >= 15 is 0 Å². The van der Waals surface area contributed by atoms with Crippen LogP contribution in [0.1, 0.15) is 0 Å². The number of methoxy groups -OCH3 is 2. The minimum Gasteiger partial charge on any atom is -0.493 e. The fourth-order valence-electron chi connectivity index (χ4n) is 2.86. The van der Waals surface area contributed by atoms with E-state index in [0.29, 0.717) is 23.0 Å². The molecule has 0 radical (unpaired) electrons. The van der Waals surface area contributed by atoms with Crippen LogP contribution < -0.4 is 9.47 Å². The fourth-order valence-corrected chi connectivity index (χ4v) is 2.86. The average Bonchev–Trinajstić information content (AvgIpc) is 3.11. The lowest BCUT2D eigenvalue weighted by Gasteiger charge is -2.07. The molecule has 0 N–H and O–H groups in total. The van der Waals surface area contributed by atoms with Gasteiger partial charge in [0.2, 0.25) is 0 Å². The van der Waals surface area contributed by atoms with Crippen LogP contribution in [0.4, 0.5) is 11.5 Å². The van der Waals surface area contributed by atoms with Crippen LogP contribution >= 0.6 is 0 Å². The summed E-state index contributed by atoms with van der Waals surface area (Å²) in [6.07, 6.45) is 1.93. The number of benzene rings is 2. The van der Waals surface area contributed by atoms with Gasteiger partial charge in [0.15, 0.2) is 17.3 Å². The van der Waals surface area contributed by atoms with Crippen molar-refractivity contribution >= 4 is 17.2 Å². The molecular weight excluding hydrogens is 340 g/mol. The topological polar surface area (TPSA) is 60.5 Å². The van der Waals surface area contributed by atoms with Crippen molar-refractivity contribution in [2.45, 2.75) is 0 Å². The van der Waals surface area contributed by atoms with E-state index in [-0.39, 0.29) is 0 Å². The summed E-state index contributed by atoms with van der Waals surface area (Å²) in [5, 5.41) is 8.90. The molecule has 0 fully saturated rings. The largest absolute Gasteiger partial charge is 0.493 e. The molecule has 6 nitrogen and oxygen atoms in total. The van der Waals surface area contributed by atoms with Crippen molar-refractivity contribution in [2.75, 3.05) is 14.2 Å². The number of nitrogens with zero attached hydrogens (tertiary/aromatic N) is 4. The molecule has 0 unspecified atom stereocenters. The first-order valence-electron chi connectivity index (χ1n) is 8.46. The highest BCUT2D eigenvalue weighted by atomic mass is 16.5. The highest BCUT2D eigenvalue weighted by Crippen LogP contribution is 2.34. The van der Waals surface area contributed by atoms with Gasteiger partial charge in [-0.25, -0.2) is 4.98 Å². The SMILES string of the molecule is COc1ccc(N=Nc2c(-c3ccccc3)nc3ccccn23)cc1OC. The third kappa shape index (κ3) is 3.25. The second-order valence-corrected chi connectivity index (χ2v) is 5.82. The van der Waals surface area contributed by atoms with Gasteiger partial charge in [0.05, 0.1) is 19.9 Å². The molecule has 0 atom stereocenters. The smallest absolute Gasteiger partial charge is 0.187 e. The zero-order chi connectivity index (χ0) is 18.6. The summed E-state index contributed by atoms with van der Waals surface area (Å²) in [5.74, 6) is 1.93. The lowest BCUT2D eigenvalue weighted by atomic mass is 10.1. The van der Waals surface area contributed by atoms with Crippen molar-refractivity contribution in [1.82, 2.24) is 9.38 Å². The highest BCUT2D eigenvalue weighted by Gasteiger charge is 2.13. The fraction of sp³-hybridized carbons (Fsp3) is 0.0952. The third-order valence-electron chi connectivity index (χ3n) is 4.18. The zero-order valence-corrected chi connectivity index (χ0v) is 15.0. The number of fused-ring (bicyclic) bond motifs is 1. The highest BCUT2D eigenvalue weighted by molar-refractivity contribution is 5.74. The van der Waals surface area contributed by atoms with Crippen LogP contribution in [-0.2, 0) is 0 Å².